The minimum Gasteiger partial charge on any atom is -0.348 e. The first kappa shape index (κ1) is 17.2. The van der Waals surface area contributed by atoms with Crippen LogP contribution in [0.5, 0.6) is 0 Å². The molecule has 7 heteroatoms. The van der Waals surface area contributed by atoms with E-state index in [4.69, 9.17) is 0 Å². The third kappa shape index (κ3) is 3.28. The van der Waals surface area contributed by atoms with Gasteiger partial charge >= 0.3 is 6.18 Å². The zero-order valence-electron chi connectivity index (χ0n) is 13.8. The lowest BCUT2D eigenvalue weighted by Gasteiger charge is -2.38. The molecule has 0 spiro atoms. The van der Waals surface area contributed by atoms with E-state index in [-0.39, 0.29) is 23.7 Å². The number of rotatable bonds is 3. The fourth-order valence-corrected chi connectivity index (χ4v) is 3.59. The van der Waals surface area contributed by atoms with E-state index in [2.05, 4.69) is 29.4 Å². The highest BCUT2D eigenvalue weighted by molar-refractivity contribution is 5.99. The summed E-state index contributed by atoms with van der Waals surface area (Å²) in [6, 6.07) is 3.10. The van der Waals surface area contributed by atoms with Gasteiger partial charge in [-0.3, -0.25) is 9.69 Å². The van der Waals surface area contributed by atoms with E-state index in [9.17, 15) is 18.0 Å². The van der Waals surface area contributed by atoms with Crippen molar-refractivity contribution in [3.63, 3.8) is 0 Å². The maximum atomic E-state index is 13.4. The van der Waals surface area contributed by atoms with Crippen LogP contribution in [0.1, 0.15) is 40.9 Å². The van der Waals surface area contributed by atoms with Crippen LogP contribution in [-0.4, -0.2) is 36.5 Å². The van der Waals surface area contributed by atoms with Crippen LogP contribution in [0.4, 0.5) is 13.2 Å². The summed E-state index contributed by atoms with van der Waals surface area (Å²) in [5.74, 6) is -0.0179. The quantitative estimate of drug-likeness (QED) is 0.887. The second-order valence-electron chi connectivity index (χ2n) is 6.84. The van der Waals surface area contributed by atoms with Gasteiger partial charge in [0.05, 0.1) is 5.56 Å². The number of carbonyl (C=O) groups excluding carboxylic acids is 1. The molecule has 2 aliphatic rings. The van der Waals surface area contributed by atoms with E-state index in [1.807, 2.05) is 0 Å². The van der Waals surface area contributed by atoms with Crippen molar-refractivity contribution in [3.05, 3.63) is 34.4 Å². The van der Waals surface area contributed by atoms with Crippen molar-refractivity contribution in [1.29, 1.82) is 0 Å². The zero-order valence-corrected chi connectivity index (χ0v) is 13.8. The highest BCUT2D eigenvalue weighted by atomic mass is 19.4. The molecule has 2 N–H and O–H groups in total. The average molecular weight is 341 g/mol. The van der Waals surface area contributed by atoms with Crippen molar-refractivity contribution in [3.8, 4) is 0 Å². The zero-order chi connectivity index (χ0) is 17.5. The lowest BCUT2D eigenvalue weighted by Crippen LogP contribution is -2.53. The minimum absolute atomic E-state index is 0.0501. The Balaban J connectivity index is 1.94. The molecule has 1 aromatic rings. The summed E-state index contributed by atoms with van der Waals surface area (Å²) < 4.78 is 40.1. The van der Waals surface area contributed by atoms with Crippen LogP contribution in [0.15, 0.2) is 12.1 Å². The maximum absolute atomic E-state index is 13.4. The highest BCUT2D eigenvalue weighted by Crippen LogP contribution is 2.36. The Kier molecular flexibility index (Phi) is 4.57. The first-order chi connectivity index (χ1) is 11.3. The molecule has 1 atom stereocenters. The van der Waals surface area contributed by atoms with Crippen molar-refractivity contribution in [2.24, 2.45) is 5.92 Å². The fraction of sp³-hybridized carbons (Fsp3) is 0.588. The van der Waals surface area contributed by atoms with E-state index < -0.39 is 17.6 Å². The van der Waals surface area contributed by atoms with E-state index in [1.165, 1.54) is 6.07 Å². The molecule has 0 bridgehead atoms. The molecule has 0 radical (unpaired) electrons. The number of piperazine rings is 1. The number of alkyl halides is 3. The van der Waals surface area contributed by atoms with Crippen LogP contribution >= 0.6 is 0 Å². The summed E-state index contributed by atoms with van der Waals surface area (Å²) in [7, 11) is 0. The molecule has 4 nitrogen and oxygen atoms in total. The van der Waals surface area contributed by atoms with Crippen LogP contribution in [0.2, 0.25) is 0 Å². The minimum atomic E-state index is -4.45. The monoisotopic (exact) mass is 341 g/mol. The summed E-state index contributed by atoms with van der Waals surface area (Å²) in [6.45, 7) is 7.03. The van der Waals surface area contributed by atoms with Crippen molar-refractivity contribution in [1.82, 2.24) is 15.5 Å². The maximum Gasteiger partial charge on any atom is 0.416 e. The molecule has 1 fully saturated rings. The van der Waals surface area contributed by atoms with Crippen molar-refractivity contribution in [2.45, 2.75) is 39.2 Å². The van der Waals surface area contributed by atoms with Crippen LogP contribution in [-0.2, 0) is 19.3 Å². The van der Waals surface area contributed by atoms with Crippen LogP contribution in [0.25, 0.3) is 0 Å². The number of halogens is 3. The summed E-state index contributed by atoms with van der Waals surface area (Å²) in [5, 5.41) is 5.82. The van der Waals surface area contributed by atoms with Gasteiger partial charge in [0.15, 0.2) is 0 Å². The molecule has 0 saturated carbocycles. The molecule has 24 heavy (non-hydrogen) atoms. The Labute approximate surface area is 139 Å². The van der Waals surface area contributed by atoms with E-state index in [0.717, 1.165) is 19.6 Å². The van der Waals surface area contributed by atoms with Crippen LogP contribution in [0.3, 0.4) is 0 Å². The lowest BCUT2D eigenvalue weighted by atomic mass is 9.96. The molecule has 0 unspecified atom stereocenters. The highest BCUT2D eigenvalue weighted by Gasteiger charge is 2.38. The summed E-state index contributed by atoms with van der Waals surface area (Å²) in [5.41, 5.74) is 0.0864. The van der Waals surface area contributed by atoms with Gasteiger partial charge in [-0.05, 0) is 29.2 Å². The number of nitrogens with one attached hydrogen (secondary N) is 2. The van der Waals surface area contributed by atoms with Crippen LogP contribution < -0.4 is 10.6 Å². The van der Waals surface area contributed by atoms with Gasteiger partial charge in [-0.1, -0.05) is 13.8 Å². The standard InChI is InChI=1S/C17H22F3N3O/c1-10(2)15-8-21-3-4-23(15)9-11-5-12-13(7-22-16(12)24)14(6-11)17(18,19)20/h5-6,10,15,21H,3-4,7-9H2,1-2H3,(H,22,24)/t15-/m1/s1. The smallest absolute Gasteiger partial charge is 0.348 e. The molecule has 1 amide bonds. The van der Waals surface area contributed by atoms with Gasteiger partial charge in [-0.25, -0.2) is 0 Å². The molecule has 2 heterocycles. The van der Waals surface area contributed by atoms with Gasteiger partial charge < -0.3 is 10.6 Å². The van der Waals surface area contributed by atoms with Crippen molar-refractivity contribution in [2.75, 3.05) is 19.6 Å². The first-order valence-electron chi connectivity index (χ1n) is 8.23. The largest absolute Gasteiger partial charge is 0.416 e. The molecule has 132 valence electrons. The van der Waals surface area contributed by atoms with Gasteiger partial charge in [0.2, 0.25) is 0 Å². The predicted octanol–water partition coefficient (Wildman–Crippen LogP) is 2.38. The number of nitrogens with zero attached hydrogens (tertiary/aromatic N) is 1. The molecule has 1 saturated heterocycles. The first-order valence-corrected chi connectivity index (χ1v) is 8.23. The molecule has 0 aromatic heterocycles. The Bertz CT molecular complexity index is 643. The van der Waals surface area contributed by atoms with Gasteiger partial charge in [0.1, 0.15) is 0 Å². The number of amides is 1. The second-order valence-corrected chi connectivity index (χ2v) is 6.84. The van der Waals surface area contributed by atoms with Crippen LogP contribution in [0, 0.1) is 5.92 Å². The number of carbonyl (C=O) groups is 1. The van der Waals surface area contributed by atoms with Gasteiger partial charge in [-0.2, -0.15) is 13.2 Å². The van der Waals surface area contributed by atoms with Gasteiger partial charge in [0.25, 0.3) is 5.91 Å². The number of benzene rings is 1. The molecular formula is C17H22F3N3O. The third-order valence-electron chi connectivity index (χ3n) is 4.84. The topological polar surface area (TPSA) is 44.4 Å². The summed E-state index contributed by atoms with van der Waals surface area (Å²) >= 11 is 0. The van der Waals surface area contributed by atoms with E-state index in [0.29, 0.717) is 18.0 Å². The Morgan fingerprint density at radius 1 is 1.33 bits per heavy atom. The molecule has 1 aromatic carbocycles. The Hall–Kier alpha value is -1.60. The Morgan fingerprint density at radius 3 is 2.75 bits per heavy atom. The average Bonchev–Trinajstić information content (AvgIpc) is 2.87. The molecular weight excluding hydrogens is 319 g/mol. The van der Waals surface area contributed by atoms with Gasteiger partial charge in [-0.15, -0.1) is 0 Å². The van der Waals surface area contributed by atoms with E-state index >= 15 is 0 Å². The summed E-state index contributed by atoms with van der Waals surface area (Å²) in [4.78, 5) is 14.1. The Morgan fingerprint density at radius 2 is 2.08 bits per heavy atom. The SMILES string of the molecule is CC(C)[C@H]1CNCCN1Cc1cc2c(c(C(F)(F)F)c1)CNC2=O. The molecule has 2 aliphatic heterocycles. The van der Waals surface area contributed by atoms with Crippen molar-refractivity contribution < 1.29 is 18.0 Å². The number of hydrogen-bond acceptors (Lipinski definition) is 3. The predicted molar refractivity (Wildman–Crippen MR) is 84.5 cm³/mol. The molecule has 0 aliphatic carbocycles. The third-order valence-corrected chi connectivity index (χ3v) is 4.84. The normalized spacial score (nSPS) is 21.9. The fourth-order valence-electron chi connectivity index (χ4n) is 3.59. The van der Waals surface area contributed by atoms with Gasteiger partial charge in [0, 0.05) is 44.3 Å². The molecule has 3 rings (SSSR count). The van der Waals surface area contributed by atoms with E-state index in [1.54, 1.807) is 6.07 Å². The lowest BCUT2D eigenvalue weighted by molar-refractivity contribution is -0.138. The number of hydrogen-bond donors (Lipinski definition) is 2. The van der Waals surface area contributed by atoms with Crippen molar-refractivity contribution >= 4 is 5.91 Å². The number of fused-ring (bicyclic) bond motifs is 1. The second kappa shape index (κ2) is 6.37. The summed E-state index contributed by atoms with van der Waals surface area (Å²) in [6.07, 6.45) is -4.45.